The molecule has 0 atom stereocenters. The van der Waals surface area contributed by atoms with Crippen molar-refractivity contribution in [3.8, 4) is 0 Å². The van der Waals surface area contributed by atoms with Crippen molar-refractivity contribution in [2.45, 2.75) is 12.8 Å². The van der Waals surface area contributed by atoms with Gasteiger partial charge in [0.1, 0.15) is 5.69 Å². The second-order valence-electron chi connectivity index (χ2n) is 4.44. The summed E-state index contributed by atoms with van der Waals surface area (Å²) in [6, 6.07) is 7.16. The zero-order valence-electron chi connectivity index (χ0n) is 11.0. The van der Waals surface area contributed by atoms with Crippen LogP contribution in [0.3, 0.4) is 0 Å². The van der Waals surface area contributed by atoms with Crippen molar-refractivity contribution in [1.82, 2.24) is 9.55 Å². The molecule has 0 aliphatic rings. The first-order valence-electron chi connectivity index (χ1n) is 6.14. The van der Waals surface area contributed by atoms with Crippen molar-refractivity contribution in [2.24, 2.45) is 7.05 Å². The number of aryl methyl sites for hydroxylation is 2. The largest absolute Gasteiger partial charge is 0.481 e. The number of carboxylic acid groups (broad SMARTS) is 1. The summed E-state index contributed by atoms with van der Waals surface area (Å²) in [6.45, 7) is 0. The van der Waals surface area contributed by atoms with Gasteiger partial charge in [-0.05, 0) is 24.1 Å². The highest BCUT2D eigenvalue weighted by Crippen LogP contribution is 2.13. The first kappa shape index (κ1) is 13.8. The molecule has 2 N–H and O–H groups in total. The molecule has 2 rings (SSSR count). The van der Waals surface area contributed by atoms with Gasteiger partial charge in [0.2, 0.25) is 0 Å². The molecule has 0 aliphatic heterocycles. The molecule has 0 aliphatic carbocycles. The monoisotopic (exact) mass is 273 g/mol. The van der Waals surface area contributed by atoms with E-state index in [4.69, 9.17) is 5.11 Å². The summed E-state index contributed by atoms with van der Waals surface area (Å²) in [7, 11) is 1.74. The highest BCUT2D eigenvalue weighted by molar-refractivity contribution is 6.02. The Labute approximate surface area is 116 Å². The lowest BCUT2D eigenvalue weighted by Gasteiger charge is -2.07. The maximum absolute atomic E-state index is 12.0. The molecule has 1 heterocycles. The van der Waals surface area contributed by atoms with E-state index in [1.54, 1.807) is 36.1 Å². The fraction of sp³-hybridized carbons (Fsp3) is 0.214. The van der Waals surface area contributed by atoms with Crippen LogP contribution in [0.4, 0.5) is 5.69 Å². The predicted octanol–water partition coefficient (Wildman–Crippen LogP) is 1.69. The predicted molar refractivity (Wildman–Crippen MR) is 73.6 cm³/mol. The fourth-order valence-corrected chi connectivity index (χ4v) is 1.83. The average molecular weight is 273 g/mol. The molecule has 6 nitrogen and oxygen atoms in total. The molecule has 20 heavy (non-hydrogen) atoms. The molecule has 6 heteroatoms. The summed E-state index contributed by atoms with van der Waals surface area (Å²) in [6.07, 6.45) is 3.55. The van der Waals surface area contributed by atoms with E-state index in [0.29, 0.717) is 17.8 Å². The van der Waals surface area contributed by atoms with Gasteiger partial charge in [0, 0.05) is 19.2 Å². The van der Waals surface area contributed by atoms with Crippen molar-refractivity contribution in [1.29, 1.82) is 0 Å². The van der Waals surface area contributed by atoms with E-state index >= 15 is 0 Å². The Morgan fingerprint density at radius 3 is 2.85 bits per heavy atom. The lowest BCUT2D eigenvalue weighted by Crippen LogP contribution is -2.15. The number of imidazole rings is 1. The Hall–Kier alpha value is -2.63. The van der Waals surface area contributed by atoms with Crippen LogP contribution in [0.25, 0.3) is 0 Å². The van der Waals surface area contributed by atoms with Crippen LogP contribution in [-0.4, -0.2) is 26.5 Å². The Morgan fingerprint density at radius 1 is 1.40 bits per heavy atom. The van der Waals surface area contributed by atoms with Gasteiger partial charge in [0.05, 0.1) is 12.5 Å². The zero-order chi connectivity index (χ0) is 14.5. The topological polar surface area (TPSA) is 84.2 Å². The number of aliphatic carboxylic acids is 1. The third-order valence-corrected chi connectivity index (χ3v) is 2.86. The Kier molecular flexibility index (Phi) is 4.14. The number of carboxylic acids is 1. The van der Waals surface area contributed by atoms with Crippen LogP contribution >= 0.6 is 0 Å². The molecule has 0 radical (unpaired) electrons. The zero-order valence-corrected chi connectivity index (χ0v) is 11.0. The summed E-state index contributed by atoms with van der Waals surface area (Å²) in [5.41, 5.74) is 1.97. The van der Waals surface area contributed by atoms with Gasteiger partial charge < -0.3 is 15.0 Å². The number of hydrogen-bond acceptors (Lipinski definition) is 3. The molecule has 1 aromatic carbocycles. The van der Waals surface area contributed by atoms with Crippen LogP contribution in [-0.2, 0) is 18.3 Å². The molecule has 1 aromatic heterocycles. The minimum Gasteiger partial charge on any atom is -0.481 e. The summed E-state index contributed by atoms with van der Waals surface area (Å²) >= 11 is 0. The molecule has 0 bridgehead atoms. The van der Waals surface area contributed by atoms with Crippen molar-refractivity contribution in [3.63, 3.8) is 0 Å². The number of benzene rings is 1. The van der Waals surface area contributed by atoms with E-state index < -0.39 is 5.97 Å². The van der Waals surface area contributed by atoms with E-state index in [0.717, 1.165) is 5.56 Å². The normalized spacial score (nSPS) is 10.2. The van der Waals surface area contributed by atoms with Crippen LogP contribution in [0, 0.1) is 0 Å². The summed E-state index contributed by atoms with van der Waals surface area (Å²) in [5.74, 6) is -1.09. The maximum Gasteiger partial charge on any atom is 0.303 e. The first-order chi connectivity index (χ1) is 9.56. The molecule has 0 saturated heterocycles. The fourth-order valence-electron chi connectivity index (χ4n) is 1.83. The third kappa shape index (κ3) is 3.44. The van der Waals surface area contributed by atoms with Crippen molar-refractivity contribution in [3.05, 3.63) is 48.0 Å². The first-order valence-corrected chi connectivity index (χ1v) is 6.14. The molecule has 0 unspecified atom stereocenters. The second-order valence-corrected chi connectivity index (χ2v) is 4.44. The van der Waals surface area contributed by atoms with Crippen LogP contribution in [0.15, 0.2) is 36.8 Å². The van der Waals surface area contributed by atoms with E-state index in [2.05, 4.69) is 10.3 Å². The molecule has 0 fully saturated rings. The highest BCUT2D eigenvalue weighted by Gasteiger charge is 2.10. The van der Waals surface area contributed by atoms with Crippen molar-refractivity contribution >= 4 is 17.6 Å². The van der Waals surface area contributed by atoms with Crippen LogP contribution in [0.2, 0.25) is 0 Å². The van der Waals surface area contributed by atoms with E-state index in [1.165, 1.54) is 6.20 Å². The number of amides is 1. The minimum atomic E-state index is -0.839. The number of carbonyl (C=O) groups is 2. The number of anilines is 1. The number of nitrogens with one attached hydrogen (secondary N) is 1. The standard InChI is InChI=1S/C14H15N3O3/c1-17-9-15-8-12(17)14(20)16-11-4-2-3-10(7-11)5-6-13(18)19/h2-4,7-9H,5-6H2,1H3,(H,16,20)(H,18,19). The Bertz CT molecular complexity index is 634. The van der Waals surface area contributed by atoms with Gasteiger partial charge >= 0.3 is 5.97 Å². The number of rotatable bonds is 5. The molecule has 1 amide bonds. The number of aromatic nitrogens is 2. The molecule has 0 spiro atoms. The van der Waals surface area contributed by atoms with E-state index in [9.17, 15) is 9.59 Å². The van der Waals surface area contributed by atoms with Crippen LogP contribution in [0.1, 0.15) is 22.5 Å². The molecule has 2 aromatic rings. The van der Waals surface area contributed by atoms with Crippen molar-refractivity contribution in [2.75, 3.05) is 5.32 Å². The van der Waals surface area contributed by atoms with Crippen LogP contribution in [0.5, 0.6) is 0 Å². The van der Waals surface area contributed by atoms with Gasteiger partial charge in [-0.25, -0.2) is 4.98 Å². The summed E-state index contributed by atoms with van der Waals surface area (Å²) in [4.78, 5) is 26.4. The molecular weight excluding hydrogens is 258 g/mol. The Morgan fingerprint density at radius 2 is 2.20 bits per heavy atom. The van der Waals surface area contributed by atoms with E-state index in [-0.39, 0.29) is 12.3 Å². The number of hydrogen-bond donors (Lipinski definition) is 2. The van der Waals surface area contributed by atoms with E-state index in [1.807, 2.05) is 6.07 Å². The highest BCUT2D eigenvalue weighted by atomic mass is 16.4. The lowest BCUT2D eigenvalue weighted by atomic mass is 10.1. The third-order valence-electron chi connectivity index (χ3n) is 2.86. The van der Waals surface area contributed by atoms with Gasteiger partial charge in [0.15, 0.2) is 0 Å². The summed E-state index contributed by atoms with van der Waals surface area (Å²) < 4.78 is 1.63. The molecule has 0 saturated carbocycles. The second kappa shape index (κ2) is 6.01. The Balaban J connectivity index is 2.06. The lowest BCUT2D eigenvalue weighted by molar-refractivity contribution is -0.136. The average Bonchev–Trinajstić information content (AvgIpc) is 2.83. The maximum atomic E-state index is 12.0. The summed E-state index contributed by atoms with van der Waals surface area (Å²) in [5, 5.41) is 11.4. The van der Waals surface area contributed by atoms with Gasteiger partial charge in [-0.1, -0.05) is 12.1 Å². The smallest absolute Gasteiger partial charge is 0.303 e. The number of carbonyl (C=O) groups excluding carboxylic acids is 1. The van der Waals surface area contributed by atoms with Gasteiger partial charge in [-0.15, -0.1) is 0 Å². The molecular formula is C14H15N3O3. The number of nitrogens with zero attached hydrogens (tertiary/aromatic N) is 2. The van der Waals surface area contributed by atoms with Gasteiger partial charge in [-0.2, -0.15) is 0 Å². The van der Waals surface area contributed by atoms with Crippen LogP contribution < -0.4 is 5.32 Å². The van der Waals surface area contributed by atoms with Crippen molar-refractivity contribution < 1.29 is 14.7 Å². The molecule has 104 valence electrons. The van der Waals surface area contributed by atoms with Gasteiger partial charge in [0.25, 0.3) is 5.91 Å². The quantitative estimate of drug-likeness (QED) is 0.868. The SMILES string of the molecule is Cn1cncc1C(=O)Nc1cccc(CCC(=O)O)c1. The minimum absolute atomic E-state index is 0.0686. The van der Waals surface area contributed by atoms with Gasteiger partial charge in [-0.3, -0.25) is 9.59 Å².